The first-order chi connectivity index (χ1) is 17.9. The summed E-state index contributed by atoms with van der Waals surface area (Å²) in [5.74, 6) is 0.207. The third kappa shape index (κ3) is 7.88. The molecule has 0 radical (unpaired) electrons. The first-order valence-corrected chi connectivity index (χ1v) is 14.3. The number of rotatable bonds is 8. The Morgan fingerprint density at radius 3 is 2.42 bits per heavy atom. The van der Waals surface area contributed by atoms with Crippen molar-refractivity contribution >= 4 is 33.6 Å². The Balaban J connectivity index is 1.37. The number of nitrogens with zero attached hydrogens (tertiary/aromatic N) is 2. The van der Waals surface area contributed by atoms with E-state index in [9.17, 15) is 9.59 Å². The van der Waals surface area contributed by atoms with E-state index in [1.165, 1.54) is 0 Å². The summed E-state index contributed by atoms with van der Waals surface area (Å²) in [6.45, 7) is 11.2. The van der Waals surface area contributed by atoms with Gasteiger partial charge in [-0.2, -0.15) is 0 Å². The molecule has 2 aliphatic rings. The van der Waals surface area contributed by atoms with E-state index in [2.05, 4.69) is 38.3 Å². The minimum absolute atomic E-state index is 0.0125. The van der Waals surface area contributed by atoms with Crippen LogP contribution in [0.25, 0.3) is 0 Å². The van der Waals surface area contributed by atoms with Crippen molar-refractivity contribution < 1.29 is 19.1 Å². The monoisotopic (exact) mass is 585 g/mol. The number of anilines is 1. The van der Waals surface area contributed by atoms with E-state index in [1.807, 2.05) is 62.1 Å². The van der Waals surface area contributed by atoms with Gasteiger partial charge in [-0.15, -0.1) is 0 Å². The van der Waals surface area contributed by atoms with Crippen LogP contribution < -0.4 is 15.0 Å². The number of benzene rings is 2. The Labute approximate surface area is 235 Å². The largest absolute Gasteiger partial charge is 0.476 e. The van der Waals surface area contributed by atoms with Crippen LogP contribution in [0.3, 0.4) is 0 Å². The number of hydrogen-bond acceptors (Lipinski definition) is 5. The molecule has 1 atom stereocenters. The van der Waals surface area contributed by atoms with Crippen LogP contribution in [0.5, 0.6) is 5.75 Å². The molecule has 206 valence electrons. The molecule has 2 aromatic rings. The quantitative estimate of drug-likeness (QED) is 0.368. The van der Waals surface area contributed by atoms with Gasteiger partial charge < -0.3 is 24.6 Å². The molecule has 2 amide bonds. The lowest BCUT2D eigenvalue weighted by atomic mass is 10.0. The van der Waals surface area contributed by atoms with E-state index in [0.717, 1.165) is 54.5 Å². The van der Waals surface area contributed by atoms with Crippen molar-refractivity contribution in [1.29, 1.82) is 0 Å². The van der Waals surface area contributed by atoms with Gasteiger partial charge in [-0.05, 0) is 90.1 Å². The Morgan fingerprint density at radius 2 is 1.76 bits per heavy atom. The second-order valence-electron chi connectivity index (χ2n) is 11.8. The van der Waals surface area contributed by atoms with Gasteiger partial charge in [-0.1, -0.05) is 34.1 Å². The lowest BCUT2D eigenvalue weighted by Crippen LogP contribution is -2.52. The lowest BCUT2D eigenvalue weighted by molar-refractivity contribution is -0.170. The molecule has 8 heteroatoms. The number of piperidine rings is 1. The highest BCUT2D eigenvalue weighted by molar-refractivity contribution is 9.10. The molecule has 2 aromatic carbocycles. The minimum atomic E-state index is -1.12. The lowest BCUT2D eigenvalue weighted by Gasteiger charge is -2.36. The van der Waals surface area contributed by atoms with E-state index in [1.54, 1.807) is 13.8 Å². The average molecular weight is 587 g/mol. The molecule has 4 rings (SSSR count). The van der Waals surface area contributed by atoms with Gasteiger partial charge in [0.1, 0.15) is 11.4 Å². The number of esters is 1. The molecule has 1 N–H and O–H groups in total. The summed E-state index contributed by atoms with van der Waals surface area (Å²) in [6.07, 6.45) is 4.05. The van der Waals surface area contributed by atoms with E-state index >= 15 is 0 Å². The number of carbonyl (C=O) groups excluding carboxylic acids is 2. The number of urea groups is 1. The van der Waals surface area contributed by atoms with Crippen LogP contribution in [-0.4, -0.2) is 53.3 Å². The summed E-state index contributed by atoms with van der Waals surface area (Å²) in [5, 5.41) is 3.30. The highest BCUT2D eigenvalue weighted by Gasteiger charge is 2.36. The first kappa shape index (κ1) is 28.3. The summed E-state index contributed by atoms with van der Waals surface area (Å²) < 4.78 is 12.7. The van der Waals surface area contributed by atoms with Gasteiger partial charge in [0.15, 0.2) is 5.60 Å². The average Bonchev–Trinajstić information content (AvgIpc) is 3.68. The van der Waals surface area contributed by atoms with E-state index in [4.69, 9.17) is 9.47 Å². The van der Waals surface area contributed by atoms with Gasteiger partial charge in [-0.25, -0.2) is 9.59 Å². The van der Waals surface area contributed by atoms with Crippen LogP contribution in [0.1, 0.15) is 65.9 Å². The van der Waals surface area contributed by atoms with Gasteiger partial charge in [0, 0.05) is 47.9 Å². The highest BCUT2D eigenvalue weighted by Crippen LogP contribution is 2.30. The molecule has 1 aliphatic carbocycles. The summed E-state index contributed by atoms with van der Waals surface area (Å²) >= 11 is 3.48. The molecule has 38 heavy (non-hydrogen) atoms. The van der Waals surface area contributed by atoms with Crippen LogP contribution in [0.4, 0.5) is 10.5 Å². The molecule has 1 unspecified atom stereocenters. The zero-order valence-corrected chi connectivity index (χ0v) is 24.7. The zero-order chi connectivity index (χ0) is 27.5. The smallest absolute Gasteiger partial charge is 0.350 e. The molecular formula is C30H40BrN3O4. The van der Waals surface area contributed by atoms with Crippen LogP contribution in [0, 0.1) is 0 Å². The Kier molecular flexibility index (Phi) is 8.60. The van der Waals surface area contributed by atoms with Crippen molar-refractivity contribution in [3.63, 3.8) is 0 Å². The number of halogens is 1. The topological polar surface area (TPSA) is 71.1 Å². The van der Waals surface area contributed by atoms with Gasteiger partial charge in [0.25, 0.3) is 0 Å². The Bertz CT molecular complexity index is 1130. The maximum Gasteiger partial charge on any atom is 0.350 e. The molecule has 1 saturated heterocycles. The van der Waals surface area contributed by atoms with Crippen molar-refractivity contribution in [3.05, 3.63) is 58.6 Å². The number of amides is 2. The fraction of sp³-hybridized carbons (Fsp3) is 0.533. The molecule has 1 aliphatic heterocycles. The fourth-order valence-electron chi connectivity index (χ4n) is 4.61. The molecule has 1 heterocycles. The molecule has 0 bridgehead atoms. The fourth-order valence-corrected chi connectivity index (χ4v) is 4.87. The summed E-state index contributed by atoms with van der Waals surface area (Å²) in [7, 11) is 0. The standard InChI is InChI=1S/C30H40BrN3O4/c1-29(2,3)38-27(35)30(4,5)37-26-10-6-9-25(18-26)33-17-7-8-23(20-33)32-28(36)34(24-15-16-24)19-21-11-13-22(31)14-12-21/h6,9-14,18,23-24H,7-8,15-17,19-20H2,1-5H3,(H,32,36). The van der Waals surface area contributed by atoms with Crippen LogP contribution >= 0.6 is 15.9 Å². The molecule has 1 saturated carbocycles. The van der Waals surface area contributed by atoms with Crippen molar-refractivity contribution in [2.24, 2.45) is 0 Å². The van der Waals surface area contributed by atoms with Gasteiger partial charge in [0.2, 0.25) is 0 Å². The predicted octanol–water partition coefficient (Wildman–Crippen LogP) is 6.29. The first-order valence-electron chi connectivity index (χ1n) is 13.5. The number of ether oxygens (including phenoxy) is 2. The number of hydrogen-bond donors (Lipinski definition) is 1. The third-order valence-electron chi connectivity index (χ3n) is 6.71. The van der Waals surface area contributed by atoms with E-state index in [-0.39, 0.29) is 12.1 Å². The van der Waals surface area contributed by atoms with E-state index in [0.29, 0.717) is 18.3 Å². The van der Waals surface area contributed by atoms with Crippen molar-refractivity contribution in [1.82, 2.24) is 10.2 Å². The van der Waals surface area contributed by atoms with Gasteiger partial charge in [0.05, 0.1) is 0 Å². The maximum absolute atomic E-state index is 13.3. The van der Waals surface area contributed by atoms with Gasteiger partial charge >= 0.3 is 12.0 Å². The van der Waals surface area contributed by atoms with Crippen molar-refractivity contribution in [2.45, 2.75) is 90.1 Å². The highest BCUT2D eigenvalue weighted by atomic mass is 79.9. The van der Waals surface area contributed by atoms with Crippen LogP contribution in [0.2, 0.25) is 0 Å². The third-order valence-corrected chi connectivity index (χ3v) is 7.24. The summed E-state index contributed by atoms with van der Waals surface area (Å²) in [5.41, 5.74) is 0.438. The molecule has 0 aromatic heterocycles. The number of nitrogens with one attached hydrogen (secondary N) is 1. The van der Waals surface area contributed by atoms with Crippen molar-refractivity contribution in [2.75, 3.05) is 18.0 Å². The van der Waals surface area contributed by atoms with Crippen LogP contribution in [-0.2, 0) is 16.1 Å². The predicted molar refractivity (Wildman–Crippen MR) is 153 cm³/mol. The molecule has 7 nitrogen and oxygen atoms in total. The Hall–Kier alpha value is -2.74. The van der Waals surface area contributed by atoms with Crippen molar-refractivity contribution in [3.8, 4) is 5.75 Å². The van der Waals surface area contributed by atoms with Gasteiger partial charge in [-0.3, -0.25) is 0 Å². The maximum atomic E-state index is 13.3. The SMILES string of the molecule is CC(C)(C)OC(=O)C(C)(C)Oc1cccc(N2CCCC(NC(=O)N(Cc3ccc(Br)cc3)C3CC3)C2)c1. The molecule has 0 spiro atoms. The second kappa shape index (κ2) is 11.6. The normalized spacial score (nSPS) is 18.1. The molecule has 2 fully saturated rings. The summed E-state index contributed by atoms with van der Waals surface area (Å²) in [6, 6.07) is 16.3. The molecular weight excluding hydrogens is 546 g/mol. The Morgan fingerprint density at radius 1 is 1.05 bits per heavy atom. The minimum Gasteiger partial charge on any atom is -0.476 e. The summed E-state index contributed by atoms with van der Waals surface area (Å²) in [4.78, 5) is 30.2. The zero-order valence-electron chi connectivity index (χ0n) is 23.1. The second-order valence-corrected chi connectivity index (χ2v) is 12.7. The van der Waals surface area contributed by atoms with E-state index < -0.39 is 17.2 Å². The number of carbonyl (C=O) groups is 2. The van der Waals surface area contributed by atoms with Crippen LogP contribution in [0.15, 0.2) is 53.0 Å².